The van der Waals surface area contributed by atoms with E-state index in [0.717, 1.165) is 22.7 Å². The zero-order valence-electron chi connectivity index (χ0n) is 11.6. The molecule has 2 atom stereocenters. The highest BCUT2D eigenvalue weighted by molar-refractivity contribution is 5.64. The number of benzene rings is 2. The maximum atomic E-state index is 6.31. The molecule has 4 rings (SSSR count). The highest BCUT2D eigenvalue weighted by Gasteiger charge is 2.37. The quantitative estimate of drug-likeness (QED) is 0.791. The van der Waals surface area contributed by atoms with Crippen LogP contribution in [-0.2, 0) is 0 Å². The van der Waals surface area contributed by atoms with Crippen LogP contribution < -0.4 is 14.8 Å². The minimum Gasteiger partial charge on any atom is -0.491 e. The highest BCUT2D eigenvalue weighted by atomic mass is 16.5. The zero-order valence-corrected chi connectivity index (χ0v) is 11.6. The van der Waals surface area contributed by atoms with Crippen molar-refractivity contribution in [3.05, 3.63) is 53.1 Å². The fourth-order valence-corrected chi connectivity index (χ4v) is 3.14. The van der Waals surface area contributed by atoms with Crippen molar-refractivity contribution in [1.29, 1.82) is 0 Å². The average molecular weight is 267 g/mol. The Labute approximate surface area is 118 Å². The van der Waals surface area contributed by atoms with E-state index in [4.69, 9.17) is 9.47 Å². The lowest BCUT2D eigenvalue weighted by Crippen LogP contribution is -2.42. The van der Waals surface area contributed by atoms with E-state index in [1.807, 2.05) is 18.2 Å². The average Bonchev–Trinajstić information content (AvgIpc) is 2.45. The zero-order chi connectivity index (χ0) is 13.7. The van der Waals surface area contributed by atoms with Crippen LogP contribution in [0.25, 0.3) is 0 Å². The monoisotopic (exact) mass is 267 g/mol. The molecule has 20 heavy (non-hydrogen) atoms. The predicted molar refractivity (Wildman–Crippen MR) is 78.6 cm³/mol. The summed E-state index contributed by atoms with van der Waals surface area (Å²) in [5, 5.41) is 3.57. The summed E-state index contributed by atoms with van der Waals surface area (Å²) >= 11 is 0. The van der Waals surface area contributed by atoms with Gasteiger partial charge in [0.15, 0.2) is 6.10 Å². The summed E-state index contributed by atoms with van der Waals surface area (Å²) in [6, 6.07) is 12.6. The Bertz CT molecular complexity index is 681. The summed E-state index contributed by atoms with van der Waals surface area (Å²) in [7, 11) is 0. The van der Waals surface area contributed by atoms with Gasteiger partial charge in [-0.2, -0.15) is 0 Å². The Kier molecular flexibility index (Phi) is 2.43. The number of ether oxygens (including phenoxy) is 2. The van der Waals surface area contributed by atoms with E-state index < -0.39 is 0 Å². The number of hydrogen-bond donors (Lipinski definition) is 1. The molecule has 0 radical (unpaired) electrons. The fourth-order valence-electron chi connectivity index (χ4n) is 3.14. The molecule has 2 aromatic carbocycles. The summed E-state index contributed by atoms with van der Waals surface area (Å²) in [5.74, 6) is 1.90. The molecule has 2 aliphatic heterocycles. The molecule has 0 amide bonds. The first-order valence-electron chi connectivity index (χ1n) is 6.98. The Morgan fingerprint density at radius 1 is 1.15 bits per heavy atom. The maximum absolute atomic E-state index is 6.31. The van der Waals surface area contributed by atoms with Crippen molar-refractivity contribution in [2.24, 2.45) is 0 Å². The van der Waals surface area contributed by atoms with Crippen LogP contribution >= 0.6 is 0 Å². The molecule has 2 unspecified atom stereocenters. The molecule has 3 nitrogen and oxygen atoms in total. The Morgan fingerprint density at radius 3 is 2.90 bits per heavy atom. The Balaban J connectivity index is 1.80. The largest absolute Gasteiger partial charge is 0.491 e. The highest BCUT2D eigenvalue weighted by Crippen LogP contribution is 2.44. The number of para-hydroxylation sites is 1. The lowest BCUT2D eigenvalue weighted by atomic mass is 9.96. The van der Waals surface area contributed by atoms with Crippen molar-refractivity contribution in [1.82, 2.24) is 0 Å². The van der Waals surface area contributed by atoms with Crippen LogP contribution in [0.3, 0.4) is 0 Å². The molecule has 3 heteroatoms. The van der Waals surface area contributed by atoms with Gasteiger partial charge in [0, 0.05) is 5.56 Å². The molecule has 2 aromatic rings. The van der Waals surface area contributed by atoms with Crippen LogP contribution in [0, 0.1) is 13.8 Å². The van der Waals surface area contributed by atoms with Gasteiger partial charge in [-0.15, -0.1) is 0 Å². The lowest BCUT2D eigenvalue weighted by Gasteiger charge is -2.39. The topological polar surface area (TPSA) is 30.5 Å². The summed E-state index contributed by atoms with van der Waals surface area (Å²) < 4.78 is 12.1. The molecule has 2 heterocycles. The van der Waals surface area contributed by atoms with E-state index in [-0.39, 0.29) is 12.1 Å². The molecule has 0 fully saturated rings. The molecular weight excluding hydrogens is 250 g/mol. The van der Waals surface area contributed by atoms with Crippen molar-refractivity contribution >= 4 is 5.69 Å². The van der Waals surface area contributed by atoms with Gasteiger partial charge in [0.05, 0.1) is 5.69 Å². The van der Waals surface area contributed by atoms with E-state index in [2.05, 4.69) is 37.4 Å². The number of fused-ring (bicyclic) bond motifs is 4. The summed E-state index contributed by atoms with van der Waals surface area (Å²) in [6.07, 6.45) is 0.0221. The third-order valence-corrected chi connectivity index (χ3v) is 4.01. The van der Waals surface area contributed by atoms with Gasteiger partial charge >= 0.3 is 0 Å². The summed E-state index contributed by atoms with van der Waals surface area (Å²) in [5.41, 5.74) is 4.62. The predicted octanol–water partition coefficient (Wildman–Crippen LogP) is 3.61. The van der Waals surface area contributed by atoms with Gasteiger partial charge in [-0.05, 0) is 37.1 Å². The SMILES string of the molecule is Cc1cc(C)c2c(c1)NC1COc3ccccc3C1O2. The summed E-state index contributed by atoms with van der Waals surface area (Å²) in [4.78, 5) is 0. The van der Waals surface area contributed by atoms with Crippen LogP contribution in [0.4, 0.5) is 5.69 Å². The van der Waals surface area contributed by atoms with Gasteiger partial charge in [0.2, 0.25) is 0 Å². The first-order chi connectivity index (χ1) is 9.72. The Hall–Kier alpha value is -2.16. The smallest absolute Gasteiger partial charge is 0.151 e. The molecule has 0 spiro atoms. The van der Waals surface area contributed by atoms with Crippen molar-refractivity contribution < 1.29 is 9.47 Å². The van der Waals surface area contributed by atoms with E-state index in [9.17, 15) is 0 Å². The number of nitrogens with one attached hydrogen (secondary N) is 1. The van der Waals surface area contributed by atoms with E-state index >= 15 is 0 Å². The minimum atomic E-state index is 0.0221. The van der Waals surface area contributed by atoms with Crippen LogP contribution in [0.5, 0.6) is 11.5 Å². The van der Waals surface area contributed by atoms with Crippen molar-refractivity contribution in [3.8, 4) is 11.5 Å². The first kappa shape index (κ1) is 11.6. The van der Waals surface area contributed by atoms with E-state index in [1.165, 1.54) is 11.1 Å². The molecule has 2 aliphatic rings. The van der Waals surface area contributed by atoms with Gasteiger partial charge in [-0.25, -0.2) is 0 Å². The lowest BCUT2D eigenvalue weighted by molar-refractivity contribution is 0.111. The number of rotatable bonds is 0. The normalized spacial score (nSPS) is 22.5. The molecule has 0 saturated heterocycles. The third kappa shape index (κ3) is 1.66. The second-order valence-corrected chi connectivity index (χ2v) is 5.60. The first-order valence-corrected chi connectivity index (χ1v) is 6.98. The van der Waals surface area contributed by atoms with Crippen LogP contribution in [0.15, 0.2) is 36.4 Å². The standard InChI is InChI=1S/C17H17NO2/c1-10-7-11(2)16-13(8-10)18-14-9-19-15-6-4-3-5-12(15)17(14)20-16/h3-8,14,17-18H,9H2,1-2H3. The second-order valence-electron chi connectivity index (χ2n) is 5.60. The van der Waals surface area contributed by atoms with Gasteiger partial charge < -0.3 is 14.8 Å². The van der Waals surface area contributed by atoms with Gasteiger partial charge in [0.1, 0.15) is 24.1 Å². The molecule has 102 valence electrons. The number of aryl methyl sites for hydroxylation is 2. The fraction of sp³-hybridized carbons (Fsp3) is 0.294. The molecule has 0 bridgehead atoms. The molecule has 1 N–H and O–H groups in total. The number of anilines is 1. The van der Waals surface area contributed by atoms with Crippen molar-refractivity contribution in [3.63, 3.8) is 0 Å². The number of hydrogen-bond acceptors (Lipinski definition) is 3. The molecule has 0 saturated carbocycles. The van der Waals surface area contributed by atoms with Gasteiger partial charge in [0.25, 0.3) is 0 Å². The second kappa shape index (κ2) is 4.17. The third-order valence-electron chi connectivity index (χ3n) is 4.01. The minimum absolute atomic E-state index is 0.0221. The molecular formula is C17H17NO2. The molecule has 0 aromatic heterocycles. The van der Waals surface area contributed by atoms with Crippen LogP contribution in [-0.4, -0.2) is 12.6 Å². The van der Waals surface area contributed by atoms with Crippen molar-refractivity contribution in [2.45, 2.75) is 26.0 Å². The Morgan fingerprint density at radius 2 is 2.00 bits per heavy atom. The van der Waals surface area contributed by atoms with E-state index in [1.54, 1.807) is 0 Å². The molecule has 0 aliphatic carbocycles. The maximum Gasteiger partial charge on any atom is 0.151 e. The van der Waals surface area contributed by atoms with Gasteiger partial charge in [-0.3, -0.25) is 0 Å². The van der Waals surface area contributed by atoms with Gasteiger partial charge in [-0.1, -0.05) is 24.3 Å². The van der Waals surface area contributed by atoms with Crippen molar-refractivity contribution in [2.75, 3.05) is 11.9 Å². The summed E-state index contributed by atoms with van der Waals surface area (Å²) in [6.45, 7) is 4.83. The van der Waals surface area contributed by atoms with Crippen LogP contribution in [0.1, 0.15) is 22.8 Å². The van der Waals surface area contributed by atoms with Crippen LogP contribution in [0.2, 0.25) is 0 Å². The van der Waals surface area contributed by atoms with E-state index in [0.29, 0.717) is 6.61 Å².